The molecule has 5 nitrogen and oxygen atoms in total. The molecule has 1 atom stereocenters. The number of thiazole rings is 1. The molecule has 3 aromatic rings. The fraction of sp³-hybridized carbons (Fsp3) is 0.500. The molecule has 5 rings (SSSR count). The van der Waals surface area contributed by atoms with Crippen molar-refractivity contribution < 1.29 is 0 Å². The number of rotatable bonds is 4. The second-order valence-corrected chi connectivity index (χ2v) is 9.03. The molecule has 0 bridgehead atoms. The van der Waals surface area contributed by atoms with Crippen LogP contribution in [-0.2, 0) is 13.6 Å². The summed E-state index contributed by atoms with van der Waals surface area (Å²) in [6.07, 6.45) is 7.45. The SMILES string of the molecule is Cn1c(C2CCCN2Cc2csc(C3CCCC3)n2)nc2ccccc2c1=O. The van der Waals surface area contributed by atoms with E-state index in [9.17, 15) is 4.79 Å². The van der Waals surface area contributed by atoms with Crippen molar-refractivity contribution in [1.82, 2.24) is 19.4 Å². The van der Waals surface area contributed by atoms with E-state index < -0.39 is 0 Å². The molecule has 1 aromatic carbocycles. The van der Waals surface area contributed by atoms with Gasteiger partial charge in [-0.05, 0) is 44.4 Å². The third kappa shape index (κ3) is 3.18. The average Bonchev–Trinajstić information content (AvgIpc) is 3.46. The molecular weight excluding hydrogens is 368 g/mol. The highest BCUT2D eigenvalue weighted by Crippen LogP contribution is 2.37. The Kier molecular flexibility index (Phi) is 4.77. The second kappa shape index (κ2) is 7.41. The molecule has 2 aromatic heterocycles. The molecule has 1 unspecified atom stereocenters. The molecule has 2 aliphatic rings. The maximum Gasteiger partial charge on any atom is 0.261 e. The standard InChI is InChI=1S/C22H26N4OS/c1-25-20(24-18-10-5-4-9-17(18)22(25)27)19-11-6-12-26(19)13-16-14-28-21(23-16)15-7-2-3-8-15/h4-5,9-10,14-15,19H,2-3,6-8,11-13H2,1H3. The number of para-hydroxylation sites is 1. The minimum Gasteiger partial charge on any atom is -0.298 e. The van der Waals surface area contributed by atoms with Gasteiger partial charge in [-0.15, -0.1) is 11.3 Å². The maximum absolute atomic E-state index is 12.8. The Hall–Kier alpha value is -2.05. The zero-order valence-electron chi connectivity index (χ0n) is 16.3. The topological polar surface area (TPSA) is 51.0 Å². The van der Waals surface area contributed by atoms with Gasteiger partial charge in [-0.25, -0.2) is 9.97 Å². The lowest BCUT2D eigenvalue weighted by molar-refractivity contribution is 0.232. The lowest BCUT2D eigenvalue weighted by Crippen LogP contribution is -2.30. The maximum atomic E-state index is 12.8. The van der Waals surface area contributed by atoms with E-state index in [1.54, 1.807) is 4.57 Å². The molecule has 1 aliphatic carbocycles. The molecule has 0 spiro atoms. The Morgan fingerprint density at radius 3 is 2.79 bits per heavy atom. The lowest BCUT2D eigenvalue weighted by Gasteiger charge is -2.25. The molecule has 3 heterocycles. The van der Waals surface area contributed by atoms with E-state index in [-0.39, 0.29) is 11.6 Å². The van der Waals surface area contributed by atoms with Crippen LogP contribution >= 0.6 is 11.3 Å². The smallest absolute Gasteiger partial charge is 0.261 e. The first-order valence-electron chi connectivity index (χ1n) is 10.3. The van der Waals surface area contributed by atoms with Crippen molar-refractivity contribution in [2.24, 2.45) is 7.05 Å². The van der Waals surface area contributed by atoms with Crippen LogP contribution in [0, 0.1) is 0 Å². The second-order valence-electron chi connectivity index (χ2n) is 8.14. The number of fused-ring (bicyclic) bond motifs is 1. The highest BCUT2D eigenvalue weighted by atomic mass is 32.1. The lowest BCUT2D eigenvalue weighted by atomic mass is 10.1. The Morgan fingerprint density at radius 1 is 1.11 bits per heavy atom. The number of hydrogen-bond acceptors (Lipinski definition) is 5. The van der Waals surface area contributed by atoms with Crippen molar-refractivity contribution in [2.45, 2.75) is 57.0 Å². The van der Waals surface area contributed by atoms with Gasteiger partial charge in [0.15, 0.2) is 0 Å². The zero-order chi connectivity index (χ0) is 19.1. The minimum absolute atomic E-state index is 0.0460. The van der Waals surface area contributed by atoms with Crippen LogP contribution in [0.4, 0.5) is 0 Å². The van der Waals surface area contributed by atoms with Gasteiger partial charge in [-0.2, -0.15) is 0 Å². The van der Waals surface area contributed by atoms with Crippen molar-refractivity contribution in [3.63, 3.8) is 0 Å². The Morgan fingerprint density at radius 2 is 1.93 bits per heavy atom. The monoisotopic (exact) mass is 394 g/mol. The number of likely N-dealkylation sites (tertiary alicyclic amines) is 1. The van der Waals surface area contributed by atoms with Gasteiger partial charge in [-0.3, -0.25) is 14.3 Å². The molecule has 1 saturated carbocycles. The largest absolute Gasteiger partial charge is 0.298 e. The first kappa shape index (κ1) is 18.0. The van der Waals surface area contributed by atoms with Gasteiger partial charge in [0.1, 0.15) is 5.82 Å². The van der Waals surface area contributed by atoms with Gasteiger partial charge in [0.25, 0.3) is 5.56 Å². The molecule has 6 heteroatoms. The first-order chi connectivity index (χ1) is 13.7. The van der Waals surface area contributed by atoms with E-state index in [1.165, 1.54) is 36.4 Å². The van der Waals surface area contributed by atoms with E-state index in [4.69, 9.17) is 9.97 Å². The molecular formula is C22H26N4OS. The van der Waals surface area contributed by atoms with Crippen LogP contribution in [0.2, 0.25) is 0 Å². The summed E-state index contributed by atoms with van der Waals surface area (Å²) in [5, 5.41) is 4.24. The number of benzene rings is 1. The van der Waals surface area contributed by atoms with E-state index in [2.05, 4.69) is 10.3 Å². The molecule has 0 radical (unpaired) electrons. The molecule has 0 amide bonds. The van der Waals surface area contributed by atoms with Crippen LogP contribution in [0.15, 0.2) is 34.4 Å². The van der Waals surface area contributed by atoms with Gasteiger partial charge in [-0.1, -0.05) is 25.0 Å². The summed E-state index contributed by atoms with van der Waals surface area (Å²) in [5.74, 6) is 1.56. The van der Waals surface area contributed by atoms with E-state index in [0.717, 1.165) is 37.3 Å². The fourth-order valence-electron chi connectivity index (χ4n) is 4.80. The summed E-state index contributed by atoms with van der Waals surface area (Å²) in [7, 11) is 1.86. The first-order valence-corrected chi connectivity index (χ1v) is 11.2. The van der Waals surface area contributed by atoms with E-state index in [0.29, 0.717) is 11.3 Å². The quantitative estimate of drug-likeness (QED) is 0.659. The average molecular weight is 395 g/mol. The Balaban J connectivity index is 1.42. The number of aromatic nitrogens is 3. The third-order valence-electron chi connectivity index (χ3n) is 6.32. The third-order valence-corrected chi connectivity index (χ3v) is 7.37. The van der Waals surface area contributed by atoms with Crippen molar-refractivity contribution >= 4 is 22.2 Å². The normalized spacial score (nSPS) is 21.1. The summed E-state index contributed by atoms with van der Waals surface area (Å²) in [5.41, 5.74) is 2.01. The zero-order valence-corrected chi connectivity index (χ0v) is 17.1. The molecule has 2 fully saturated rings. The van der Waals surface area contributed by atoms with Crippen LogP contribution in [0.5, 0.6) is 0 Å². The highest BCUT2D eigenvalue weighted by molar-refractivity contribution is 7.09. The van der Waals surface area contributed by atoms with Crippen LogP contribution in [0.3, 0.4) is 0 Å². The molecule has 28 heavy (non-hydrogen) atoms. The van der Waals surface area contributed by atoms with E-state index >= 15 is 0 Å². The Bertz CT molecular complexity index is 1050. The summed E-state index contributed by atoms with van der Waals surface area (Å²) < 4.78 is 1.75. The predicted octanol–water partition coefficient (Wildman–Crippen LogP) is 4.38. The molecule has 146 valence electrons. The number of hydrogen-bond donors (Lipinski definition) is 0. The highest BCUT2D eigenvalue weighted by Gasteiger charge is 2.30. The van der Waals surface area contributed by atoms with Gasteiger partial charge in [0, 0.05) is 24.9 Å². The summed E-state index contributed by atoms with van der Waals surface area (Å²) >= 11 is 1.83. The van der Waals surface area contributed by atoms with Gasteiger partial charge in [0.05, 0.1) is 27.6 Å². The summed E-state index contributed by atoms with van der Waals surface area (Å²) in [6, 6.07) is 7.83. The predicted molar refractivity (Wildman–Crippen MR) is 113 cm³/mol. The van der Waals surface area contributed by atoms with Crippen LogP contribution in [0.25, 0.3) is 10.9 Å². The summed E-state index contributed by atoms with van der Waals surface area (Å²) in [6.45, 7) is 1.88. The minimum atomic E-state index is 0.0460. The van der Waals surface area contributed by atoms with Gasteiger partial charge >= 0.3 is 0 Å². The molecule has 1 saturated heterocycles. The number of nitrogens with zero attached hydrogens (tertiary/aromatic N) is 4. The molecule has 0 N–H and O–H groups in total. The summed E-state index contributed by atoms with van der Waals surface area (Å²) in [4.78, 5) is 25.1. The van der Waals surface area contributed by atoms with Crippen molar-refractivity contribution in [2.75, 3.05) is 6.54 Å². The van der Waals surface area contributed by atoms with Crippen LogP contribution in [0.1, 0.15) is 67.0 Å². The Labute approximate surface area is 169 Å². The fourth-order valence-corrected chi connectivity index (χ4v) is 5.79. The van der Waals surface area contributed by atoms with Crippen LogP contribution in [-0.4, -0.2) is 26.0 Å². The van der Waals surface area contributed by atoms with Crippen LogP contribution < -0.4 is 5.56 Å². The van der Waals surface area contributed by atoms with Crippen molar-refractivity contribution in [3.05, 3.63) is 56.5 Å². The molecule has 1 aliphatic heterocycles. The van der Waals surface area contributed by atoms with Crippen molar-refractivity contribution in [3.8, 4) is 0 Å². The van der Waals surface area contributed by atoms with Gasteiger partial charge in [0.2, 0.25) is 0 Å². The van der Waals surface area contributed by atoms with E-state index in [1.807, 2.05) is 42.6 Å². The van der Waals surface area contributed by atoms with Crippen molar-refractivity contribution in [1.29, 1.82) is 0 Å². The van der Waals surface area contributed by atoms with Gasteiger partial charge < -0.3 is 0 Å².